The molecule has 3 aromatic rings. The molecule has 0 saturated carbocycles. The molecule has 0 radical (unpaired) electrons. The van der Waals surface area contributed by atoms with Crippen LogP contribution in [-0.2, 0) is 9.78 Å². The standard InChI is InChI=1S/C14H10O4.C6H4Cl2/c15-13(11-7-3-1-4-8-11)17-18-14(16)12-9-5-2-6-10-12;7-5-3-1-2-4-6(5)8/h1-10H;1-4H. The second-order valence-corrected chi connectivity index (χ2v) is 5.70. The third kappa shape index (κ3) is 6.24. The van der Waals surface area contributed by atoms with Crippen molar-refractivity contribution in [3.8, 4) is 0 Å². The molecule has 4 nitrogen and oxygen atoms in total. The molecule has 3 rings (SSSR count). The molecule has 0 aromatic heterocycles. The fraction of sp³-hybridized carbons (Fsp3) is 0. The Labute approximate surface area is 160 Å². The number of rotatable bonds is 2. The zero-order valence-corrected chi connectivity index (χ0v) is 15.0. The lowest BCUT2D eigenvalue weighted by atomic mass is 10.2. The van der Waals surface area contributed by atoms with Crippen LogP contribution in [0.1, 0.15) is 20.7 Å². The van der Waals surface area contributed by atoms with Gasteiger partial charge < -0.3 is 0 Å². The molecule has 0 fully saturated rings. The SMILES string of the molecule is Clc1ccccc1Cl.O=C(OOC(=O)c1ccccc1)c1ccccc1. The first-order valence-corrected chi connectivity index (χ1v) is 8.27. The largest absolute Gasteiger partial charge is 0.386 e. The summed E-state index contributed by atoms with van der Waals surface area (Å²) in [5.74, 6) is -1.42. The molecule has 0 saturated heterocycles. The molecule has 6 heteroatoms. The van der Waals surface area contributed by atoms with Gasteiger partial charge in [-0.15, -0.1) is 0 Å². The van der Waals surface area contributed by atoms with E-state index >= 15 is 0 Å². The third-order valence-corrected chi connectivity index (χ3v) is 3.79. The number of benzene rings is 3. The minimum atomic E-state index is -0.708. The smallest absolute Gasteiger partial charge is 0.242 e. The van der Waals surface area contributed by atoms with Crippen LogP contribution >= 0.6 is 23.2 Å². The van der Waals surface area contributed by atoms with Crippen LogP contribution in [0.25, 0.3) is 0 Å². The van der Waals surface area contributed by atoms with Crippen molar-refractivity contribution in [2.45, 2.75) is 0 Å². The molecule has 0 aliphatic carbocycles. The van der Waals surface area contributed by atoms with Crippen molar-refractivity contribution in [2.75, 3.05) is 0 Å². The number of carbonyl (C=O) groups is 2. The first-order valence-electron chi connectivity index (χ1n) is 7.51. The van der Waals surface area contributed by atoms with Crippen LogP contribution in [0.5, 0.6) is 0 Å². The summed E-state index contributed by atoms with van der Waals surface area (Å²) in [7, 11) is 0. The highest BCUT2D eigenvalue weighted by Gasteiger charge is 2.12. The van der Waals surface area contributed by atoms with Crippen LogP contribution in [0.15, 0.2) is 84.9 Å². The molecule has 132 valence electrons. The Kier molecular flexibility index (Phi) is 7.68. The lowest BCUT2D eigenvalue weighted by molar-refractivity contribution is -0.187. The van der Waals surface area contributed by atoms with E-state index in [1.165, 1.54) is 0 Å². The molecule has 3 aromatic carbocycles. The van der Waals surface area contributed by atoms with Gasteiger partial charge in [0.25, 0.3) is 0 Å². The number of hydrogen-bond donors (Lipinski definition) is 0. The normalized spacial score (nSPS) is 9.46. The quantitative estimate of drug-likeness (QED) is 0.422. The Morgan fingerprint density at radius 3 is 1.15 bits per heavy atom. The Balaban J connectivity index is 0.000000254. The predicted molar refractivity (Wildman–Crippen MR) is 100 cm³/mol. The molecule has 0 spiro atoms. The molecule has 0 heterocycles. The van der Waals surface area contributed by atoms with Gasteiger partial charge in [-0.1, -0.05) is 71.7 Å². The van der Waals surface area contributed by atoms with Gasteiger partial charge in [0.1, 0.15) is 0 Å². The topological polar surface area (TPSA) is 52.6 Å². The van der Waals surface area contributed by atoms with Crippen molar-refractivity contribution < 1.29 is 19.4 Å². The van der Waals surface area contributed by atoms with Crippen molar-refractivity contribution in [3.63, 3.8) is 0 Å². The Bertz CT molecular complexity index is 779. The maximum absolute atomic E-state index is 11.5. The summed E-state index contributed by atoms with van der Waals surface area (Å²) in [5.41, 5.74) is 0.636. The van der Waals surface area contributed by atoms with Crippen LogP contribution < -0.4 is 0 Å². The Morgan fingerprint density at radius 1 is 0.538 bits per heavy atom. The third-order valence-electron chi connectivity index (χ3n) is 3.04. The molecule has 0 N–H and O–H groups in total. The van der Waals surface area contributed by atoms with E-state index in [4.69, 9.17) is 23.2 Å². The molecule has 0 aliphatic heterocycles. The van der Waals surface area contributed by atoms with Gasteiger partial charge in [0.05, 0.1) is 21.2 Å². The van der Waals surface area contributed by atoms with E-state index in [0.29, 0.717) is 21.2 Å². The van der Waals surface area contributed by atoms with E-state index < -0.39 is 11.9 Å². The van der Waals surface area contributed by atoms with Crippen molar-refractivity contribution in [1.82, 2.24) is 0 Å². The summed E-state index contributed by atoms with van der Waals surface area (Å²) in [4.78, 5) is 31.9. The van der Waals surface area contributed by atoms with Crippen molar-refractivity contribution in [3.05, 3.63) is 106 Å². The number of carbonyl (C=O) groups excluding carboxylic acids is 2. The summed E-state index contributed by atoms with van der Waals surface area (Å²) in [6, 6.07) is 23.8. The van der Waals surface area contributed by atoms with E-state index in [-0.39, 0.29) is 0 Å². The minimum Gasteiger partial charge on any atom is -0.242 e. The molecule has 0 unspecified atom stereocenters. The molecule has 0 atom stereocenters. The highest BCUT2D eigenvalue weighted by Crippen LogP contribution is 2.19. The monoisotopic (exact) mass is 388 g/mol. The van der Waals surface area contributed by atoms with E-state index in [0.717, 1.165) is 0 Å². The van der Waals surface area contributed by atoms with Gasteiger partial charge in [0, 0.05) is 0 Å². The van der Waals surface area contributed by atoms with Gasteiger partial charge in [-0.25, -0.2) is 19.4 Å². The predicted octanol–water partition coefficient (Wildman–Crippen LogP) is 5.61. The molecule has 26 heavy (non-hydrogen) atoms. The highest BCUT2D eigenvalue weighted by atomic mass is 35.5. The van der Waals surface area contributed by atoms with Crippen LogP contribution in [-0.4, -0.2) is 11.9 Å². The van der Waals surface area contributed by atoms with Crippen LogP contribution in [0, 0.1) is 0 Å². The number of hydrogen-bond acceptors (Lipinski definition) is 4. The van der Waals surface area contributed by atoms with Gasteiger partial charge in [0.15, 0.2) is 0 Å². The summed E-state index contributed by atoms with van der Waals surface area (Å²) >= 11 is 11.2. The van der Waals surface area contributed by atoms with Crippen LogP contribution in [0.4, 0.5) is 0 Å². The molecular formula is C20H14Cl2O4. The van der Waals surface area contributed by atoms with E-state index in [9.17, 15) is 9.59 Å². The zero-order chi connectivity index (χ0) is 18.8. The van der Waals surface area contributed by atoms with E-state index in [1.807, 2.05) is 12.1 Å². The minimum absolute atomic E-state index is 0.318. The Morgan fingerprint density at radius 2 is 0.846 bits per heavy atom. The lowest BCUT2D eigenvalue weighted by Crippen LogP contribution is -2.11. The first-order chi connectivity index (χ1) is 12.6. The van der Waals surface area contributed by atoms with Gasteiger partial charge in [-0.2, -0.15) is 0 Å². The van der Waals surface area contributed by atoms with Gasteiger partial charge in [-0.3, -0.25) is 0 Å². The summed E-state index contributed by atoms with van der Waals surface area (Å²) in [6.45, 7) is 0. The lowest BCUT2D eigenvalue weighted by Gasteiger charge is -2.02. The van der Waals surface area contributed by atoms with E-state index in [1.54, 1.807) is 72.8 Å². The van der Waals surface area contributed by atoms with Crippen molar-refractivity contribution in [1.29, 1.82) is 0 Å². The zero-order valence-electron chi connectivity index (χ0n) is 13.5. The van der Waals surface area contributed by atoms with Crippen LogP contribution in [0.2, 0.25) is 10.0 Å². The molecule has 0 amide bonds. The molecular weight excluding hydrogens is 375 g/mol. The van der Waals surface area contributed by atoms with Gasteiger partial charge in [0.2, 0.25) is 0 Å². The summed E-state index contributed by atoms with van der Waals surface area (Å²) in [6.07, 6.45) is 0. The Hall–Kier alpha value is -2.82. The number of halogens is 2. The fourth-order valence-corrected chi connectivity index (χ4v) is 2.03. The van der Waals surface area contributed by atoms with E-state index in [2.05, 4.69) is 9.78 Å². The fourth-order valence-electron chi connectivity index (χ4n) is 1.76. The second kappa shape index (κ2) is 10.2. The average Bonchev–Trinajstić information content (AvgIpc) is 2.70. The maximum Gasteiger partial charge on any atom is 0.386 e. The van der Waals surface area contributed by atoms with Crippen molar-refractivity contribution >= 4 is 35.1 Å². The summed E-state index contributed by atoms with van der Waals surface area (Å²) in [5, 5.41) is 1.21. The second-order valence-electron chi connectivity index (χ2n) is 4.89. The maximum atomic E-state index is 11.5. The van der Waals surface area contributed by atoms with Gasteiger partial charge >= 0.3 is 11.9 Å². The highest BCUT2D eigenvalue weighted by molar-refractivity contribution is 6.41. The molecule has 0 aliphatic rings. The molecule has 0 bridgehead atoms. The summed E-state index contributed by atoms with van der Waals surface area (Å²) < 4.78 is 0. The van der Waals surface area contributed by atoms with Gasteiger partial charge in [-0.05, 0) is 36.4 Å². The average molecular weight is 389 g/mol. The first kappa shape index (κ1) is 19.5. The van der Waals surface area contributed by atoms with Crippen LogP contribution in [0.3, 0.4) is 0 Å². The van der Waals surface area contributed by atoms with Crippen molar-refractivity contribution in [2.24, 2.45) is 0 Å².